The van der Waals surface area contributed by atoms with Gasteiger partial charge in [-0.25, -0.2) is 0 Å². The van der Waals surface area contributed by atoms with Crippen molar-refractivity contribution >= 4 is 28.4 Å². The third kappa shape index (κ3) is 3.85. The number of aromatic nitrogens is 1. The van der Waals surface area contributed by atoms with Gasteiger partial charge < -0.3 is 20.7 Å². The number of hydrogen-bond donors (Lipinski definition) is 3. The van der Waals surface area contributed by atoms with Gasteiger partial charge in [-0.1, -0.05) is 24.8 Å². The van der Waals surface area contributed by atoms with Crippen LogP contribution >= 0.6 is 0 Å². The molecular formula is C27H31N3O3. The summed E-state index contributed by atoms with van der Waals surface area (Å²) in [6, 6.07) is 9.59. The molecule has 1 aliphatic carbocycles. The number of rotatable bonds is 5. The molecule has 4 rings (SSSR count). The van der Waals surface area contributed by atoms with Crippen molar-refractivity contribution in [1.82, 2.24) is 4.98 Å². The minimum Gasteiger partial charge on any atom is -0.390 e. The van der Waals surface area contributed by atoms with Gasteiger partial charge in [0.15, 0.2) is 0 Å². The first kappa shape index (κ1) is 22.8. The topological polar surface area (TPSA) is 99.4 Å². The Bertz CT molecular complexity index is 1280. The van der Waals surface area contributed by atoms with E-state index in [1.165, 1.54) is 11.6 Å². The van der Waals surface area contributed by atoms with E-state index in [4.69, 9.17) is 5.73 Å². The normalized spacial score (nSPS) is 15.8. The molecule has 0 aliphatic heterocycles. The highest BCUT2D eigenvalue weighted by atomic mass is 16.3. The molecule has 0 spiro atoms. The zero-order valence-corrected chi connectivity index (χ0v) is 19.7. The summed E-state index contributed by atoms with van der Waals surface area (Å²) in [5, 5.41) is 11.6. The summed E-state index contributed by atoms with van der Waals surface area (Å²) in [7, 11) is 1.73. The largest absolute Gasteiger partial charge is 0.390 e. The van der Waals surface area contributed by atoms with Crippen LogP contribution in [0.3, 0.4) is 0 Å². The second-order valence-corrected chi connectivity index (χ2v) is 9.50. The van der Waals surface area contributed by atoms with Crippen molar-refractivity contribution in [2.24, 2.45) is 11.7 Å². The molecule has 1 atom stereocenters. The summed E-state index contributed by atoms with van der Waals surface area (Å²) >= 11 is 0. The van der Waals surface area contributed by atoms with Gasteiger partial charge in [0.1, 0.15) is 0 Å². The standard InChI is InChI=1S/C27H31N3O3/c1-6-23(31)30(5)22-9-7-8-17(15(22)2)18-12-13-20(26(28)32)25-24(18)19-11-10-16(27(3,4)33)14-21(19)29-25/h6-9,12-13,16,29,33H,1,10-11,14H2,2-5H3,(H2,28,32). The van der Waals surface area contributed by atoms with Crippen molar-refractivity contribution in [3.05, 3.63) is 65.4 Å². The van der Waals surface area contributed by atoms with Crippen LogP contribution in [0.15, 0.2) is 43.0 Å². The van der Waals surface area contributed by atoms with Gasteiger partial charge in [-0.15, -0.1) is 0 Å². The molecule has 1 unspecified atom stereocenters. The number of nitrogens with one attached hydrogen (secondary N) is 1. The van der Waals surface area contributed by atoms with Gasteiger partial charge in [-0.2, -0.15) is 0 Å². The fourth-order valence-corrected chi connectivity index (χ4v) is 5.11. The Balaban J connectivity index is 1.95. The second kappa shape index (κ2) is 8.19. The maximum atomic E-state index is 12.2. The van der Waals surface area contributed by atoms with Crippen LogP contribution in [0.5, 0.6) is 0 Å². The van der Waals surface area contributed by atoms with Gasteiger partial charge in [-0.3, -0.25) is 9.59 Å². The molecule has 172 valence electrons. The Kier molecular flexibility index (Phi) is 5.66. The molecule has 6 nitrogen and oxygen atoms in total. The molecule has 1 heterocycles. The lowest BCUT2D eigenvalue weighted by atomic mass is 9.77. The highest BCUT2D eigenvalue weighted by molar-refractivity contribution is 6.11. The number of anilines is 1. The van der Waals surface area contributed by atoms with Crippen LogP contribution in [-0.4, -0.2) is 34.6 Å². The Hall–Kier alpha value is -3.38. The molecule has 2 aromatic carbocycles. The van der Waals surface area contributed by atoms with Gasteiger partial charge >= 0.3 is 0 Å². The zero-order chi connectivity index (χ0) is 24.1. The van der Waals surface area contributed by atoms with Gasteiger partial charge in [-0.05, 0) is 86.4 Å². The smallest absolute Gasteiger partial charge is 0.250 e. The number of carbonyl (C=O) groups excluding carboxylic acids is 2. The predicted molar refractivity (Wildman–Crippen MR) is 132 cm³/mol. The fraction of sp³-hybridized carbons (Fsp3) is 0.333. The number of amides is 2. The van der Waals surface area contributed by atoms with E-state index in [9.17, 15) is 14.7 Å². The number of benzene rings is 2. The first-order valence-corrected chi connectivity index (χ1v) is 11.2. The number of aryl methyl sites for hydroxylation is 1. The molecule has 0 radical (unpaired) electrons. The molecule has 1 aromatic heterocycles. The quantitative estimate of drug-likeness (QED) is 0.512. The number of primary amides is 1. The molecule has 33 heavy (non-hydrogen) atoms. The minimum absolute atomic E-state index is 0.127. The van der Waals surface area contributed by atoms with Crippen molar-refractivity contribution in [2.75, 3.05) is 11.9 Å². The number of aromatic amines is 1. The molecule has 4 N–H and O–H groups in total. The van der Waals surface area contributed by atoms with Crippen molar-refractivity contribution < 1.29 is 14.7 Å². The van der Waals surface area contributed by atoms with Crippen molar-refractivity contribution in [2.45, 2.75) is 45.6 Å². The monoisotopic (exact) mass is 445 g/mol. The number of H-pyrrole nitrogens is 1. The van der Waals surface area contributed by atoms with E-state index < -0.39 is 11.5 Å². The first-order valence-electron chi connectivity index (χ1n) is 11.2. The lowest BCUT2D eigenvalue weighted by Gasteiger charge is -2.32. The van der Waals surface area contributed by atoms with Gasteiger partial charge in [0.25, 0.3) is 5.91 Å². The minimum atomic E-state index is -0.780. The van der Waals surface area contributed by atoms with Crippen molar-refractivity contribution in [1.29, 1.82) is 0 Å². The van der Waals surface area contributed by atoms with Crippen LogP contribution in [0.1, 0.15) is 47.4 Å². The van der Waals surface area contributed by atoms with E-state index in [0.29, 0.717) is 12.0 Å². The predicted octanol–water partition coefficient (Wildman–Crippen LogP) is 4.27. The first-order chi connectivity index (χ1) is 15.5. The lowest BCUT2D eigenvalue weighted by Crippen LogP contribution is -2.34. The van der Waals surface area contributed by atoms with E-state index >= 15 is 0 Å². The van der Waals surface area contributed by atoms with Crippen LogP contribution in [0, 0.1) is 12.8 Å². The summed E-state index contributed by atoms with van der Waals surface area (Å²) in [6.45, 7) is 9.28. The summed E-state index contributed by atoms with van der Waals surface area (Å²) in [5.74, 6) is -0.533. The number of nitrogens with two attached hydrogens (primary N) is 1. The highest BCUT2D eigenvalue weighted by Gasteiger charge is 2.33. The van der Waals surface area contributed by atoms with Crippen LogP contribution in [0.25, 0.3) is 22.0 Å². The third-order valence-corrected chi connectivity index (χ3v) is 7.07. The van der Waals surface area contributed by atoms with Crippen LogP contribution in [0.2, 0.25) is 0 Å². The van der Waals surface area contributed by atoms with E-state index in [0.717, 1.165) is 51.8 Å². The van der Waals surface area contributed by atoms with Crippen LogP contribution in [-0.2, 0) is 17.6 Å². The molecule has 0 fully saturated rings. The second-order valence-electron chi connectivity index (χ2n) is 9.50. The molecular weight excluding hydrogens is 414 g/mol. The van der Waals surface area contributed by atoms with E-state index in [1.807, 2.05) is 45.0 Å². The molecule has 0 bridgehead atoms. The average Bonchev–Trinajstić information content (AvgIpc) is 3.16. The number of nitrogens with zero attached hydrogens (tertiary/aromatic N) is 1. The number of hydrogen-bond acceptors (Lipinski definition) is 3. The Morgan fingerprint density at radius 1 is 1.24 bits per heavy atom. The third-order valence-electron chi connectivity index (χ3n) is 7.07. The van der Waals surface area contributed by atoms with Crippen molar-refractivity contribution in [3.8, 4) is 11.1 Å². The van der Waals surface area contributed by atoms with Gasteiger partial charge in [0.2, 0.25) is 5.91 Å². The van der Waals surface area contributed by atoms with Crippen LogP contribution in [0.4, 0.5) is 5.69 Å². The highest BCUT2D eigenvalue weighted by Crippen LogP contribution is 2.42. The SMILES string of the molecule is C=CC(=O)N(C)c1cccc(-c2ccc(C(N)=O)c3[nH]c4c(c23)CCC(C(C)(C)O)C4)c1C. The molecule has 1 aliphatic rings. The molecule has 0 saturated carbocycles. The van der Waals surface area contributed by atoms with Gasteiger partial charge in [0, 0.05) is 23.8 Å². The molecule has 3 aromatic rings. The molecule has 0 saturated heterocycles. The zero-order valence-electron chi connectivity index (χ0n) is 19.7. The molecule has 2 amide bonds. The molecule has 6 heteroatoms. The Morgan fingerprint density at radius 2 is 1.97 bits per heavy atom. The average molecular weight is 446 g/mol. The summed E-state index contributed by atoms with van der Waals surface area (Å²) in [6.07, 6.45) is 3.67. The number of aliphatic hydroxyl groups is 1. The number of carbonyl (C=O) groups is 2. The summed E-state index contributed by atoms with van der Waals surface area (Å²) in [4.78, 5) is 29.5. The van der Waals surface area contributed by atoms with Crippen molar-refractivity contribution in [3.63, 3.8) is 0 Å². The van der Waals surface area contributed by atoms with E-state index in [-0.39, 0.29) is 11.8 Å². The maximum absolute atomic E-state index is 12.2. The Labute approximate surface area is 194 Å². The Morgan fingerprint density at radius 3 is 2.61 bits per heavy atom. The van der Waals surface area contributed by atoms with Gasteiger partial charge in [0.05, 0.1) is 16.7 Å². The fourth-order valence-electron chi connectivity index (χ4n) is 5.11. The summed E-state index contributed by atoms with van der Waals surface area (Å²) in [5.41, 5.74) is 12.1. The number of likely N-dealkylation sites (N-methyl/N-ethyl adjacent to an activating group) is 1. The maximum Gasteiger partial charge on any atom is 0.250 e. The van der Waals surface area contributed by atoms with Crippen LogP contribution < -0.4 is 10.6 Å². The summed E-state index contributed by atoms with van der Waals surface area (Å²) < 4.78 is 0. The lowest BCUT2D eigenvalue weighted by molar-refractivity contribution is -0.113. The number of fused-ring (bicyclic) bond motifs is 3. The van der Waals surface area contributed by atoms with E-state index in [1.54, 1.807) is 18.0 Å². The van der Waals surface area contributed by atoms with E-state index in [2.05, 4.69) is 11.6 Å².